The average molecular weight is 276 g/mol. The van der Waals surface area contributed by atoms with Crippen molar-refractivity contribution in [3.8, 4) is 0 Å². The van der Waals surface area contributed by atoms with Crippen LogP contribution in [-0.4, -0.2) is 0 Å². The van der Waals surface area contributed by atoms with E-state index in [-0.39, 0.29) is 22.3 Å². The SMILES string of the molecule is [CH3-].[CH3-].[CH3-].[Cl][Pt]. The molecule has 0 saturated heterocycles. The standard InChI is InChI=1S/3CH3.ClH.Pt/h3*1H3;1H;/q3*-1;;+1/p-1. The molecule has 5 heavy (non-hydrogen) atoms. The Balaban J connectivity index is -0.00000000167. The summed E-state index contributed by atoms with van der Waals surface area (Å²) in [6.45, 7) is 0. The van der Waals surface area contributed by atoms with E-state index in [4.69, 9.17) is 0 Å². The quantitative estimate of drug-likeness (QED) is 0.594. The summed E-state index contributed by atoms with van der Waals surface area (Å²) in [5.41, 5.74) is 0. The Kier molecular flexibility index (Phi) is 623. The van der Waals surface area contributed by atoms with E-state index in [1.54, 1.807) is 18.8 Å². The zero-order valence-corrected chi connectivity index (χ0v) is 6.72. The van der Waals surface area contributed by atoms with Crippen LogP contribution in [0.25, 0.3) is 0 Å². The van der Waals surface area contributed by atoms with Crippen LogP contribution < -0.4 is 0 Å². The fourth-order valence-corrected chi connectivity index (χ4v) is 0. The molecule has 0 aromatic carbocycles. The van der Waals surface area contributed by atoms with E-state index >= 15 is 0 Å². The molecule has 0 radical (unpaired) electrons. The third kappa shape index (κ3) is 46.1. The van der Waals surface area contributed by atoms with Gasteiger partial charge in [-0.05, 0) is 0 Å². The van der Waals surface area contributed by atoms with Gasteiger partial charge < -0.3 is 22.3 Å². The van der Waals surface area contributed by atoms with Gasteiger partial charge in [0.05, 0.1) is 0 Å². The van der Waals surface area contributed by atoms with Gasteiger partial charge in [0.2, 0.25) is 0 Å². The number of rotatable bonds is 0. The maximum absolute atomic E-state index is 4.61. The van der Waals surface area contributed by atoms with Crippen LogP contribution in [0.4, 0.5) is 0 Å². The van der Waals surface area contributed by atoms with Gasteiger partial charge >= 0.3 is 28.2 Å². The second-order valence-electron chi connectivity index (χ2n) is 0. The van der Waals surface area contributed by atoms with Crippen LogP contribution in [0, 0.1) is 22.3 Å². The van der Waals surface area contributed by atoms with Gasteiger partial charge in [0.25, 0.3) is 0 Å². The van der Waals surface area contributed by atoms with Crippen molar-refractivity contribution in [2.45, 2.75) is 0 Å². The Morgan fingerprint density at radius 1 is 0.800 bits per heavy atom. The van der Waals surface area contributed by atoms with E-state index in [1.165, 1.54) is 0 Å². The molecular weight excluding hydrogens is 267 g/mol. The predicted molar refractivity (Wildman–Crippen MR) is 25.1 cm³/mol. The predicted octanol–water partition coefficient (Wildman–Crippen LogP) is 2.04. The van der Waals surface area contributed by atoms with Crippen molar-refractivity contribution in [3.05, 3.63) is 22.3 Å². The minimum absolute atomic E-state index is 0. The molecule has 41 valence electrons. The van der Waals surface area contributed by atoms with Crippen molar-refractivity contribution >= 4 is 9.42 Å². The molecule has 0 aliphatic carbocycles. The topological polar surface area (TPSA) is 0 Å². The molecule has 0 aliphatic rings. The molecule has 0 rings (SSSR count). The van der Waals surface area contributed by atoms with Crippen LogP contribution in [0.15, 0.2) is 0 Å². The molecule has 0 N–H and O–H groups in total. The van der Waals surface area contributed by atoms with E-state index in [0.717, 1.165) is 0 Å². The van der Waals surface area contributed by atoms with Crippen LogP contribution in [0.2, 0.25) is 0 Å². The Morgan fingerprint density at radius 3 is 0.800 bits per heavy atom. The van der Waals surface area contributed by atoms with Crippen molar-refractivity contribution < 1.29 is 18.8 Å². The summed E-state index contributed by atoms with van der Waals surface area (Å²) in [6, 6.07) is 0. The second kappa shape index (κ2) is 82.3. The first-order valence-corrected chi connectivity index (χ1v) is 2.94. The summed E-state index contributed by atoms with van der Waals surface area (Å²) in [5.74, 6) is 0. The van der Waals surface area contributed by atoms with Crippen molar-refractivity contribution in [1.82, 2.24) is 0 Å². The molecule has 2 heteroatoms. The molecule has 0 aliphatic heterocycles. The van der Waals surface area contributed by atoms with E-state index in [9.17, 15) is 0 Å². The van der Waals surface area contributed by atoms with Crippen molar-refractivity contribution in [2.24, 2.45) is 0 Å². The van der Waals surface area contributed by atoms with Crippen LogP contribution in [-0.2, 0) is 18.8 Å². The Bertz CT molecular complexity index is 6.85. The van der Waals surface area contributed by atoms with Gasteiger partial charge in [0.15, 0.2) is 0 Å². The van der Waals surface area contributed by atoms with Crippen LogP contribution in [0.1, 0.15) is 0 Å². The molecule has 0 fully saturated rings. The molecule has 0 spiro atoms. The van der Waals surface area contributed by atoms with E-state index in [0.29, 0.717) is 0 Å². The fraction of sp³-hybridized carbons (Fsp3) is 0. The molecule has 0 aromatic heterocycles. The molecule has 0 bridgehead atoms. The third-order valence-corrected chi connectivity index (χ3v) is 0. The van der Waals surface area contributed by atoms with E-state index in [1.807, 2.05) is 0 Å². The third-order valence-electron chi connectivity index (χ3n) is 0. The second-order valence-corrected chi connectivity index (χ2v) is 0. The first kappa shape index (κ1) is 37.9. The first-order valence-electron chi connectivity index (χ1n) is 0.120. The molecule has 0 saturated carbocycles. The Labute approximate surface area is 50.7 Å². The van der Waals surface area contributed by atoms with Crippen LogP contribution >= 0.6 is 9.42 Å². The van der Waals surface area contributed by atoms with Gasteiger partial charge in [0, 0.05) is 0 Å². The van der Waals surface area contributed by atoms with Crippen molar-refractivity contribution in [2.75, 3.05) is 0 Å². The number of hydrogen-bond donors (Lipinski definition) is 0. The average Bonchev–Trinajstić information content (AvgIpc) is 1.00. The zero-order valence-electron chi connectivity index (χ0n) is 3.69. The van der Waals surface area contributed by atoms with E-state index < -0.39 is 0 Å². The Hall–Kier alpha value is 0.978. The summed E-state index contributed by atoms with van der Waals surface area (Å²) < 4.78 is 0. The molecule has 0 nitrogen and oxygen atoms in total. The van der Waals surface area contributed by atoms with Crippen LogP contribution in [0.5, 0.6) is 0 Å². The number of hydrogen-bond acceptors (Lipinski definition) is 0. The molecule has 0 heterocycles. The van der Waals surface area contributed by atoms with Crippen molar-refractivity contribution in [3.63, 3.8) is 0 Å². The van der Waals surface area contributed by atoms with Gasteiger partial charge in [-0.2, -0.15) is 0 Å². The maximum atomic E-state index is 4.61. The zero-order chi connectivity index (χ0) is 2.00. The summed E-state index contributed by atoms with van der Waals surface area (Å²) in [4.78, 5) is 0. The minimum atomic E-state index is 0. The monoisotopic (exact) mass is 275 g/mol. The van der Waals surface area contributed by atoms with Crippen LogP contribution in [0.3, 0.4) is 0 Å². The molecule has 0 aromatic rings. The molecular formula is C3H9ClPt-3. The van der Waals surface area contributed by atoms with Crippen molar-refractivity contribution in [1.29, 1.82) is 0 Å². The summed E-state index contributed by atoms with van der Waals surface area (Å²) >= 11 is 1.61. The van der Waals surface area contributed by atoms with Gasteiger partial charge in [-0.3, -0.25) is 0 Å². The Morgan fingerprint density at radius 2 is 0.800 bits per heavy atom. The summed E-state index contributed by atoms with van der Waals surface area (Å²) in [6.07, 6.45) is 0. The van der Waals surface area contributed by atoms with Gasteiger partial charge in [-0.25, -0.2) is 0 Å². The summed E-state index contributed by atoms with van der Waals surface area (Å²) in [7, 11) is 4.61. The van der Waals surface area contributed by atoms with Gasteiger partial charge in [0.1, 0.15) is 0 Å². The molecule has 0 amide bonds. The molecule has 0 atom stereocenters. The fourth-order valence-electron chi connectivity index (χ4n) is 0. The van der Waals surface area contributed by atoms with Gasteiger partial charge in [-0.1, -0.05) is 0 Å². The normalized spacial score (nSPS) is 1.40. The van der Waals surface area contributed by atoms with Gasteiger partial charge in [-0.15, -0.1) is 0 Å². The summed E-state index contributed by atoms with van der Waals surface area (Å²) in [5, 5.41) is 0. The molecule has 0 unspecified atom stereocenters. The first-order chi connectivity index (χ1) is 1.00. The number of halogens is 1. The van der Waals surface area contributed by atoms with E-state index in [2.05, 4.69) is 9.42 Å².